The van der Waals surface area contributed by atoms with Crippen molar-refractivity contribution >= 4 is 33.2 Å². The van der Waals surface area contributed by atoms with Gasteiger partial charge in [0.2, 0.25) is 0 Å². The van der Waals surface area contributed by atoms with Gasteiger partial charge in [-0.15, -0.1) is 0 Å². The van der Waals surface area contributed by atoms with E-state index in [-0.39, 0.29) is 12.5 Å². The molecule has 2 N–H and O–H groups in total. The van der Waals surface area contributed by atoms with Crippen LogP contribution in [0.3, 0.4) is 0 Å². The predicted molar refractivity (Wildman–Crippen MR) is 131 cm³/mol. The first-order valence-corrected chi connectivity index (χ1v) is 11.3. The van der Waals surface area contributed by atoms with E-state index in [0.29, 0.717) is 37.0 Å². The average Bonchev–Trinajstić information content (AvgIpc) is 2.83. The van der Waals surface area contributed by atoms with E-state index in [1.165, 1.54) is 0 Å². The highest BCUT2D eigenvalue weighted by atomic mass is 79.9. The Morgan fingerprint density at radius 2 is 1.73 bits per heavy atom. The summed E-state index contributed by atoms with van der Waals surface area (Å²) in [5, 5.41) is 6.21. The summed E-state index contributed by atoms with van der Waals surface area (Å²) < 4.78 is 23.5. The molecule has 0 unspecified atom stereocenters. The number of ether oxygens (including phenoxy) is 4. The maximum Gasteiger partial charge on any atom is 0.262 e. The Balaban J connectivity index is 1.46. The van der Waals surface area contributed by atoms with Gasteiger partial charge < -0.3 is 29.6 Å². The summed E-state index contributed by atoms with van der Waals surface area (Å²) in [6.07, 6.45) is 0. The van der Waals surface area contributed by atoms with E-state index < -0.39 is 0 Å². The van der Waals surface area contributed by atoms with E-state index in [1.54, 1.807) is 13.2 Å². The van der Waals surface area contributed by atoms with Crippen LogP contribution >= 0.6 is 15.9 Å². The summed E-state index contributed by atoms with van der Waals surface area (Å²) in [7, 11) is 1.57. The smallest absolute Gasteiger partial charge is 0.262 e. The Morgan fingerprint density at radius 1 is 1.00 bits per heavy atom. The number of halogens is 1. The molecule has 4 rings (SSSR count). The summed E-state index contributed by atoms with van der Waals surface area (Å²) in [5.41, 5.74) is 3.54. The van der Waals surface area contributed by atoms with Crippen molar-refractivity contribution in [2.75, 3.05) is 37.6 Å². The third-order valence-electron chi connectivity index (χ3n) is 5.08. The highest BCUT2D eigenvalue weighted by Gasteiger charge is 2.17. The molecule has 7 nitrogen and oxygen atoms in total. The number of methoxy groups -OCH3 is 1. The molecule has 3 aromatic carbocycles. The summed E-state index contributed by atoms with van der Waals surface area (Å²) >= 11 is 3.59. The minimum Gasteiger partial charge on any atom is -0.493 e. The third-order valence-corrected chi connectivity index (χ3v) is 5.82. The van der Waals surface area contributed by atoms with Crippen molar-refractivity contribution in [1.29, 1.82) is 0 Å². The fourth-order valence-corrected chi connectivity index (χ4v) is 3.83. The number of aryl methyl sites for hydroxylation is 1. The summed E-state index contributed by atoms with van der Waals surface area (Å²) in [6, 6.07) is 17.0. The van der Waals surface area contributed by atoms with Gasteiger partial charge in [0.15, 0.2) is 29.6 Å². The molecule has 0 aliphatic carbocycles. The number of benzene rings is 3. The van der Waals surface area contributed by atoms with E-state index in [0.717, 1.165) is 32.7 Å². The number of anilines is 2. The van der Waals surface area contributed by atoms with Crippen LogP contribution in [0.15, 0.2) is 59.1 Å². The van der Waals surface area contributed by atoms with Crippen LogP contribution in [0.25, 0.3) is 0 Å². The number of rotatable bonds is 8. The van der Waals surface area contributed by atoms with Crippen molar-refractivity contribution in [1.82, 2.24) is 0 Å². The van der Waals surface area contributed by atoms with E-state index in [9.17, 15) is 4.79 Å². The standard InChI is InChI=1S/C25H25BrN2O5/c1-16-3-5-17(6-4-16)28-24(29)15-33-25-19(20(26)8-10-22(25)30-2)14-27-18-7-9-21-23(13-18)32-12-11-31-21/h3-10,13,27H,11-12,14-15H2,1-2H3,(H,28,29). The van der Waals surface area contributed by atoms with Gasteiger partial charge in [0.05, 0.1) is 7.11 Å². The van der Waals surface area contributed by atoms with Crippen molar-refractivity contribution in [3.05, 3.63) is 70.2 Å². The van der Waals surface area contributed by atoms with Gasteiger partial charge in [0, 0.05) is 34.0 Å². The SMILES string of the molecule is COc1ccc(Br)c(CNc2ccc3c(c2)OCCO3)c1OCC(=O)Nc1ccc(C)cc1. The summed E-state index contributed by atoms with van der Waals surface area (Å²) in [4.78, 5) is 12.5. The van der Waals surface area contributed by atoms with E-state index in [4.69, 9.17) is 18.9 Å². The second kappa shape index (κ2) is 10.5. The Labute approximate surface area is 201 Å². The molecule has 0 spiro atoms. The number of hydrogen-bond donors (Lipinski definition) is 2. The van der Waals surface area contributed by atoms with E-state index in [2.05, 4.69) is 26.6 Å². The van der Waals surface area contributed by atoms with Crippen molar-refractivity contribution in [3.8, 4) is 23.0 Å². The number of fused-ring (bicyclic) bond motifs is 1. The lowest BCUT2D eigenvalue weighted by molar-refractivity contribution is -0.118. The topological polar surface area (TPSA) is 78.1 Å². The van der Waals surface area contributed by atoms with Gasteiger partial charge in [-0.2, -0.15) is 0 Å². The lowest BCUT2D eigenvalue weighted by Gasteiger charge is -2.20. The molecule has 0 radical (unpaired) electrons. The van der Waals surface area contributed by atoms with Gasteiger partial charge in [-0.25, -0.2) is 0 Å². The molecule has 0 atom stereocenters. The minimum atomic E-state index is -0.258. The van der Waals surface area contributed by atoms with Crippen molar-refractivity contribution in [2.45, 2.75) is 13.5 Å². The molecule has 172 valence electrons. The largest absolute Gasteiger partial charge is 0.493 e. The Hall–Kier alpha value is -3.39. The Morgan fingerprint density at radius 3 is 2.48 bits per heavy atom. The Bertz CT molecular complexity index is 1130. The molecule has 0 saturated carbocycles. The fraction of sp³-hybridized carbons (Fsp3) is 0.240. The minimum absolute atomic E-state index is 0.155. The highest BCUT2D eigenvalue weighted by Crippen LogP contribution is 2.38. The van der Waals surface area contributed by atoms with Gasteiger partial charge >= 0.3 is 0 Å². The molecule has 1 aliphatic heterocycles. The maximum absolute atomic E-state index is 12.5. The normalized spacial score (nSPS) is 12.1. The predicted octanol–water partition coefficient (Wildman–Crippen LogP) is 5.17. The zero-order valence-electron chi connectivity index (χ0n) is 18.4. The van der Waals surface area contributed by atoms with Gasteiger partial charge in [0.1, 0.15) is 13.2 Å². The summed E-state index contributed by atoms with van der Waals surface area (Å²) in [6.45, 7) is 3.36. The van der Waals surface area contributed by atoms with Crippen LogP contribution in [0.2, 0.25) is 0 Å². The molecular weight excluding hydrogens is 488 g/mol. The van der Waals surface area contributed by atoms with Crippen LogP contribution < -0.4 is 29.6 Å². The molecule has 0 saturated heterocycles. The molecule has 1 heterocycles. The number of carbonyl (C=O) groups excluding carboxylic acids is 1. The molecule has 0 fully saturated rings. The van der Waals surface area contributed by atoms with Crippen LogP contribution in [0.4, 0.5) is 11.4 Å². The van der Waals surface area contributed by atoms with Crippen LogP contribution in [0.1, 0.15) is 11.1 Å². The first kappa shape index (κ1) is 22.8. The monoisotopic (exact) mass is 512 g/mol. The van der Waals surface area contributed by atoms with Crippen LogP contribution in [0, 0.1) is 6.92 Å². The maximum atomic E-state index is 12.5. The second-order valence-electron chi connectivity index (χ2n) is 7.47. The van der Waals surface area contributed by atoms with Crippen molar-refractivity contribution in [3.63, 3.8) is 0 Å². The van der Waals surface area contributed by atoms with Gasteiger partial charge in [-0.05, 0) is 43.3 Å². The lowest BCUT2D eigenvalue weighted by Crippen LogP contribution is -2.21. The van der Waals surface area contributed by atoms with Crippen molar-refractivity contribution in [2.24, 2.45) is 0 Å². The molecular formula is C25H25BrN2O5. The van der Waals surface area contributed by atoms with Crippen LogP contribution in [-0.2, 0) is 11.3 Å². The molecule has 8 heteroatoms. The first-order chi connectivity index (χ1) is 16.0. The molecule has 1 aliphatic rings. The Kier molecular flexibility index (Phi) is 7.24. The zero-order valence-corrected chi connectivity index (χ0v) is 20.0. The summed E-state index contributed by atoms with van der Waals surface area (Å²) in [5.74, 6) is 2.22. The van der Waals surface area contributed by atoms with Gasteiger partial charge in [0.25, 0.3) is 5.91 Å². The molecule has 0 aromatic heterocycles. The molecule has 33 heavy (non-hydrogen) atoms. The van der Waals surface area contributed by atoms with Gasteiger partial charge in [-0.1, -0.05) is 33.6 Å². The zero-order chi connectivity index (χ0) is 23.2. The molecule has 0 bridgehead atoms. The number of hydrogen-bond acceptors (Lipinski definition) is 6. The first-order valence-electron chi connectivity index (χ1n) is 10.5. The lowest BCUT2D eigenvalue weighted by atomic mass is 10.1. The quantitative estimate of drug-likeness (QED) is 0.433. The second-order valence-corrected chi connectivity index (χ2v) is 8.33. The molecule has 3 aromatic rings. The van der Waals surface area contributed by atoms with Crippen LogP contribution in [-0.4, -0.2) is 32.8 Å². The highest BCUT2D eigenvalue weighted by molar-refractivity contribution is 9.10. The number of carbonyl (C=O) groups is 1. The molecule has 1 amide bonds. The van der Waals surface area contributed by atoms with Crippen molar-refractivity contribution < 1.29 is 23.7 Å². The average molecular weight is 513 g/mol. The number of amides is 1. The van der Waals surface area contributed by atoms with E-state index in [1.807, 2.05) is 55.5 Å². The van der Waals surface area contributed by atoms with Gasteiger partial charge in [-0.3, -0.25) is 4.79 Å². The third kappa shape index (κ3) is 5.70. The van der Waals surface area contributed by atoms with E-state index >= 15 is 0 Å². The fourth-order valence-electron chi connectivity index (χ4n) is 3.38. The number of nitrogens with one attached hydrogen (secondary N) is 2. The van der Waals surface area contributed by atoms with Crippen LogP contribution in [0.5, 0.6) is 23.0 Å².